The van der Waals surface area contributed by atoms with E-state index in [0.717, 1.165) is 11.4 Å². The highest BCUT2D eigenvalue weighted by Gasteiger charge is 2.13. The number of carbonyl (C=O) groups is 1. The monoisotopic (exact) mass is 348 g/mol. The summed E-state index contributed by atoms with van der Waals surface area (Å²) in [5, 5.41) is 9.99. The van der Waals surface area contributed by atoms with E-state index in [1.807, 2.05) is 19.9 Å². The van der Waals surface area contributed by atoms with Crippen molar-refractivity contribution in [1.29, 1.82) is 0 Å². The van der Waals surface area contributed by atoms with Gasteiger partial charge in [-0.1, -0.05) is 12.1 Å². The molecule has 0 aliphatic heterocycles. The molecule has 2 rings (SSSR count). The Morgan fingerprint density at radius 3 is 2.88 bits per heavy atom. The summed E-state index contributed by atoms with van der Waals surface area (Å²) in [4.78, 5) is 13.7. The standard InChI is InChI=1S/C18H25FN4O2/c1-13(11-15-12-14(2)21-22-15)20-18(24)23(3)9-6-10-25-17-8-5-4-7-16(17)19/h4-5,7-8,12-13H,6,9-11H2,1-3H3,(H,20,24)(H,21,22). The zero-order valence-corrected chi connectivity index (χ0v) is 14.9. The van der Waals surface area contributed by atoms with E-state index in [1.165, 1.54) is 6.07 Å². The molecule has 1 atom stereocenters. The quantitative estimate of drug-likeness (QED) is 0.721. The van der Waals surface area contributed by atoms with Gasteiger partial charge >= 0.3 is 6.03 Å². The van der Waals surface area contributed by atoms with Crippen LogP contribution in [0.4, 0.5) is 9.18 Å². The molecule has 0 spiro atoms. The van der Waals surface area contributed by atoms with Crippen molar-refractivity contribution in [2.75, 3.05) is 20.2 Å². The summed E-state index contributed by atoms with van der Waals surface area (Å²) in [7, 11) is 1.73. The number of H-pyrrole nitrogens is 1. The van der Waals surface area contributed by atoms with E-state index in [2.05, 4.69) is 15.5 Å². The summed E-state index contributed by atoms with van der Waals surface area (Å²) in [5.74, 6) is -0.145. The fourth-order valence-electron chi connectivity index (χ4n) is 2.41. The fourth-order valence-corrected chi connectivity index (χ4v) is 2.41. The lowest BCUT2D eigenvalue weighted by atomic mass is 10.2. The maximum absolute atomic E-state index is 13.4. The zero-order chi connectivity index (χ0) is 18.2. The first-order valence-corrected chi connectivity index (χ1v) is 8.35. The van der Waals surface area contributed by atoms with Crippen LogP contribution in [-0.4, -0.2) is 47.4 Å². The van der Waals surface area contributed by atoms with Crippen molar-refractivity contribution in [1.82, 2.24) is 20.4 Å². The molecule has 2 amide bonds. The Balaban J connectivity index is 1.66. The SMILES string of the molecule is Cc1cc(CC(C)NC(=O)N(C)CCCOc2ccccc2F)n[nH]1. The summed E-state index contributed by atoms with van der Waals surface area (Å²) in [5.41, 5.74) is 1.92. The van der Waals surface area contributed by atoms with Gasteiger partial charge in [-0.3, -0.25) is 5.10 Å². The van der Waals surface area contributed by atoms with Crippen molar-refractivity contribution < 1.29 is 13.9 Å². The van der Waals surface area contributed by atoms with E-state index in [0.29, 0.717) is 26.0 Å². The number of rotatable bonds is 8. The molecule has 1 unspecified atom stereocenters. The first-order valence-electron chi connectivity index (χ1n) is 8.35. The lowest BCUT2D eigenvalue weighted by Gasteiger charge is -2.21. The van der Waals surface area contributed by atoms with Gasteiger partial charge in [0.05, 0.1) is 12.3 Å². The molecule has 1 heterocycles. The molecule has 6 nitrogen and oxygen atoms in total. The fraction of sp³-hybridized carbons (Fsp3) is 0.444. The summed E-state index contributed by atoms with van der Waals surface area (Å²) in [6, 6.07) is 8.08. The number of benzene rings is 1. The van der Waals surface area contributed by atoms with Gasteiger partial charge in [0, 0.05) is 31.7 Å². The molecular weight excluding hydrogens is 323 g/mol. The molecule has 0 aliphatic rings. The van der Waals surface area contributed by atoms with Crippen LogP contribution in [0.1, 0.15) is 24.7 Å². The topological polar surface area (TPSA) is 70.2 Å². The highest BCUT2D eigenvalue weighted by atomic mass is 19.1. The molecular formula is C18H25FN4O2. The second kappa shape index (κ2) is 9.05. The first kappa shape index (κ1) is 18.8. The number of urea groups is 1. The van der Waals surface area contributed by atoms with E-state index in [4.69, 9.17) is 4.74 Å². The van der Waals surface area contributed by atoms with Crippen molar-refractivity contribution in [3.8, 4) is 5.75 Å². The second-order valence-electron chi connectivity index (χ2n) is 6.15. The van der Waals surface area contributed by atoms with Gasteiger partial charge in [0.25, 0.3) is 0 Å². The van der Waals surface area contributed by atoms with Crippen molar-refractivity contribution in [2.45, 2.75) is 32.7 Å². The third kappa shape index (κ3) is 6.10. The maximum atomic E-state index is 13.4. The number of aryl methyl sites for hydroxylation is 1. The molecule has 25 heavy (non-hydrogen) atoms. The lowest BCUT2D eigenvalue weighted by Crippen LogP contribution is -2.43. The van der Waals surface area contributed by atoms with Gasteiger partial charge in [-0.25, -0.2) is 9.18 Å². The highest BCUT2D eigenvalue weighted by Crippen LogP contribution is 2.15. The van der Waals surface area contributed by atoms with Crippen LogP contribution in [0.15, 0.2) is 30.3 Å². The summed E-state index contributed by atoms with van der Waals surface area (Å²) in [6.45, 7) is 4.75. The normalized spacial score (nSPS) is 11.8. The maximum Gasteiger partial charge on any atom is 0.317 e. The molecule has 0 saturated carbocycles. The minimum atomic E-state index is -0.379. The number of nitrogens with one attached hydrogen (secondary N) is 2. The second-order valence-corrected chi connectivity index (χ2v) is 6.15. The Morgan fingerprint density at radius 2 is 2.20 bits per heavy atom. The van der Waals surface area contributed by atoms with Crippen LogP contribution in [0, 0.1) is 12.7 Å². The van der Waals surface area contributed by atoms with E-state index in [-0.39, 0.29) is 23.6 Å². The molecule has 2 N–H and O–H groups in total. The molecule has 136 valence electrons. The number of carbonyl (C=O) groups excluding carboxylic acids is 1. The number of halogens is 1. The first-order chi connectivity index (χ1) is 12.0. The number of hydrogen-bond acceptors (Lipinski definition) is 3. The summed E-state index contributed by atoms with van der Waals surface area (Å²) >= 11 is 0. The van der Waals surface area contributed by atoms with Gasteiger partial charge in [0.1, 0.15) is 0 Å². The van der Waals surface area contributed by atoms with Gasteiger partial charge < -0.3 is 15.0 Å². The number of amides is 2. The van der Waals surface area contributed by atoms with Crippen LogP contribution in [0.2, 0.25) is 0 Å². The molecule has 0 aliphatic carbocycles. The molecule has 1 aromatic heterocycles. The Labute approximate surface area is 147 Å². The van der Waals surface area contributed by atoms with Gasteiger partial charge in [-0.15, -0.1) is 0 Å². The number of nitrogens with zero attached hydrogens (tertiary/aromatic N) is 2. The van der Waals surface area contributed by atoms with Crippen LogP contribution in [0.3, 0.4) is 0 Å². The predicted octanol–water partition coefficient (Wildman–Crippen LogP) is 2.90. The minimum Gasteiger partial charge on any atom is -0.490 e. The summed E-state index contributed by atoms with van der Waals surface area (Å²) in [6.07, 6.45) is 1.28. The van der Waals surface area contributed by atoms with Crippen LogP contribution in [-0.2, 0) is 6.42 Å². The van der Waals surface area contributed by atoms with Crippen molar-refractivity contribution in [2.24, 2.45) is 0 Å². The average Bonchev–Trinajstić information content (AvgIpc) is 2.97. The van der Waals surface area contributed by atoms with E-state index in [9.17, 15) is 9.18 Å². The van der Waals surface area contributed by atoms with Gasteiger partial charge in [-0.05, 0) is 38.5 Å². The molecule has 0 bridgehead atoms. The zero-order valence-electron chi connectivity index (χ0n) is 14.9. The number of aromatic amines is 1. The molecule has 7 heteroatoms. The lowest BCUT2D eigenvalue weighted by molar-refractivity contribution is 0.199. The van der Waals surface area contributed by atoms with E-state index >= 15 is 0 Å². The summed E-state index contributed by atoms with van der Waals surface area (Å²) < 4.78 is 18.8. The van der Waals surface area contributed by atoms with Crippen LogP contribution >= 0.6 is 0 Å². The number of hydrogen-bond donors (Lipinski definition) is 2. The van der Waals surface area contributed by atoms with Crippen LogP contribution in [0.25, 0.3) is 0 Å². The van der Waals surface area contributed by atoms with Gasteiger partial charge in [0.2, 0.25) is 0 Å². The van der Waals surface area contributed by atoms with Crippen LogP contribution in [0.5, 0.6) is 5.75 Å². The Hall–Kier alpha value is -2.57. The minimum absolute atomic E-state index is 0.0210. The number of ether oxygens (including phenoxy) is 1. The molecule has 2 aromatic rings. The Morgan fingerprint density at radius 1 is 1.44 bits per heavy atom. The van der Waals surface area contributed by atoms with E-state index < -0.39 is 0 Å². The molecule has 1 aromatic carbocycles. The van der Waals surface area contributed by atoms with Crippen molar-refractivity contribution in [3.63, 3.8) is 0 Å². The predicted molar refractivity (Wildman–Crippen MR) is 94.2 cm³/mol. The van der Waals surface area contributed by atoms with Crippen molar-refractivity contribution in [3.05, 3.63) is 47.5 Å². The Bertz CT molecular complexity index is 689. The Kier molecular flexibility index (Phi) is 6.80. The molecule has 0 radical (unpaired) electrons. The number of para-hydroxylation sites is 1. The third-order valence-electron chi connectivity index (χ3n) is 3.72. The third-order valence-corrected chi connectivity index (χ3v) is 3.72. The van der Waals surface area contributed by atoms with Crippen LogP contribution < -0.4 is 10.1 Å². The van der Waals surface area contributed by atoms with Gasteiger partial charge in [0.15, 0.2) is 11.6 Å². The molecule has 0 saturated heterocycles. The highest BCUT2D eigenvalue weighted by molar-refractivity contribution is 5.74. The van der Waals surface area contributed by atoms with E-state index in [1.54, 1.807) is 30.1 Å². The molecule has 0 fully saturated rings. The number of aromatic nitrogens is 2. The van der Waals surface area contributed by atoms with Gasteiger partial charge in [-0.2, -0.15) is 5.10 Å². The average molecular weight is 348 g/mol. The smallest absolute Gasteiger partial charge is 0.317 e. The van der Waals surface area contributed by atoms with Crippen molar-refractivity contribution >= 4 is 6.03 Å². The largest absolute Gasteiger partial charge is 0.490 e.